The molecule has 6 heteroatoms. The molecule has 0 amide bonds. The molecule has 2 heterocycles. The fraction of sp³-hybridized carbons (Fsp3) is 0.300. The van der Waals surface area contributed by atoms with Crippen LogP contribution in [0.4, 0.5) is 4.39 Å². The molecule has 16 heavy (non-hydrogen) atoms. The van der Waals surface area contributed by atoms with Crippen molar-refractivity contribution in [1.29, 1.82) is 0 Å². The van der Waals surface area contributed by atoms with E-state index in [1.54, 1.807) is 6.07 Å². The average molecular weight is 261 g/mol. The third-order valence-electron chi connectivity index (χ3n) is 2.34. The van der Waals surface area contributed by atoms with E-state index in [4.69, 9.17) is 4.74 Å². The molecule has 2 aromatic rings. The van der Waals surface area contributed by atoms with E-state index in [0.717, 1.165) is 23.3 Å². The maximum atomic E-state index is 12.9. The van der Waals surface area contributed by atoms with Gasteiger partial charge in [0, 0.05) is 13.1 Å². The molecular formula is C10H10ClFN2OS. The topological polar surface area (TPSA) is 34.1 Å². The number of hydrogen-bond acceptors (Lipinski definition) is 4. The van der Waals surface area contributed by atoms with Crippen molar-refractivity contribution in [2.45, 2.75) is 6.10 Å². The first-order chi connectivity index (χ1) is 7.31. The van der Waals surface area contributed by atoms with Crippen LogP contribution in [0.5, 0.6) is 5.19 Å². The lowest BCUT2D eigenvalue weighted by atomic mass is 10.2. The monoisotopic (exact) mass is 260 g/mol. The normalized spacial score (nSPS) is 15.6. The molecule has 0 saturated carbocycles. The summed E-state index contributed by atoms with van der Waals surface area (Å²) in [5, 5.41) is 3.74. The van der Waals surface area contributed by atoms with Crippen molar-refractivity contribution in [3.8, 4) is 5.19 Å². The van der Waals surface area contributed by atoms with Crippen LogP contribution in [0, 0.1) is 5.82 Å². The van der Waals surface area contributed by atoms with Crippen LogP contribution in [0.15, 0.2) is 18.2 Å². The van der Waals surface area contributed by atoms with Gasteiger partial charge in [0.1, 0.15) is 11.9 Å². The Bertz CT molecular complexity index is 501. The van der Waals surface area contributed by atoms with Crippen LogP contribution in [-0.4, -0.2) is 24.2 Å². The average Bonchev–Trinajstić information content (AvgIpc) is 2.53. The maximum absolute atomic E-state index is 12.9. The Balaban J connectivity index is 0.000000963. The number of aromatic nitrogens is 1. The van der Waals surface area contributed by atoms with Crippen LogP contribution in [0.25, 0.3) is 10.2 Å². The lowest BCUT2D eigenvalue weighted by Crippen LogP contribution is -2.50. The summed E-state index contributed by atoms with van der Waals surface area (Å²) in [5.41, 5.74) is 0.795. The number of thiazole rings is 1. The molecule has 86 valence electrons. The number of fused-ring (bicyclic) bond motifs is 1. The Labute approximate surface area is 102 Å². The van der Waals surface area contributed by atoms with E-state index in [2.05, 4.69) is 10.3 Å². The van der Waals surface area contributed by atoms with E-state index in [-0.39, 0.29) is 24.3 Å². The molecule has 1 aromatic carbocycles. The van der Waals surface area contributed by atoms with Crippen LogP contribution in [0.3, 0.4) is 0 Å². The van der Waals surface area contributed by atoms with Crippen molar-refractivity contribution >= 4 is 34.0 Å². The molecule has 0 atom stereocenters. The standard InChI is InChI=1S/C10H9FN2OS.ClH/c11-6-1-2-8-9(3-6)15-10(13-8)14-7-4-12-5-7;/h1-3,7,12H,4-5H2;1H. The second-order valence-electron chi connectivity index (χ2n) is 3.49. The Morgan fingerprint density at radius 2 is 2.25 bits per heavy atom. The van der Waals surface area contributed by atoms with Crippen LogP contribution < -0.4 is 10.1 Å². The quantitative estimate of drug-likeness (QED) is 0.899. The van der Waals surface area contributed by atoms with Gasteiger partial charge in [0.15, 0.2) is 0 Å². The summed E-state index contributed by atoms with van der Waals surface area (Å²) in [6.45, 7) is 1.73. The second-order valence-corrected chi connectivity index (χ2v) is 4.48. The molecule has 3 nitrogen and oxygen atoms in total. The zero-order valence-corrected chi connectivity index (χ0v) is 9.91. The van der Waals surface area contributed by atoms with Crippen molar-refractivity contribution in [2.75, 3.05) is 13.1 Å². The molecule has 0 radical (unpaired) electrons. The number of ether oxygens (including phenoxy) is 1. The van der Waals surface area contributed by atoms with Crippen molar-refractivity contribution in [1.82, 2.24) is 10.3 Å². The van der Waals surface area contributed by atoms with Crippen molar-refractivity contribution in [3.05, 3.63) is 24.0 Å². The highest BCUT2D eigenvalue weighted by atomic mass is 35.5. The van der Waals surface area contributed by atoms with Gasteiger partial charge in [-0.05, 0) is 18.2 Å². The predicted octanol–water partition coefficient (Wildman–Crippen LogP) is 2.21. The molecule has 1 N–H and O–H groups in total. The molecule has 0 unspecified atom stereocenters. The molecule has 1 aliphatic rings. The van der Waals surface area contributed by atoms with Crippen LogP contribution in [0.1, 0.15) is 0 Å². The molecule has 0 spiro atoms. The summed E-state index contributed by atoms with van der Waals surface area (Å²) in [6.07, 6.45) is 0.218. The zero-order chi connectivity index (χ0) is 10.3. The summed E-state index contributed by atoms with van der Waals surface area (Å²) in [4.78, 5) is 4.28. The van der Waals surface area contributed by atoms with Crippen molar-refractivity contribution in [3.63, 3.8) is 0 Å². The number of rotatable bonds is 2. The first-order valence-corrected chi connectivity index (χ1v) is 5.56. The highest BCUT2D eigenvalue weighted by Crippen LogP contribution is 2.29. The van der Waals surface area contributed by atoms with E-state index < -0.39 is 0 Å². The predicted molar refractivity (Wildman–Crippen MR) is 64.1 cm³/mol. The Kier molecular flexibility index (Phi) is 3.28. The summed E-state index contributed by atoms with van der Waals surface area (Å²) >= 11 is 1.39. The van der Waals surface area contributed by atoms with E-state index in [1.807, 2.05) is 0 Å². The summed E-state index contributed by atoms with van der Waals surface area (Å²) in [7, 11) is 0. The van der Waals surface area contributed by atoms with Gasteiger partial charge in [0.2, 0.25) is 0 Å². The molecule has 1 fully saturated rings. The van der Waals surface area contributed by atoms with E-state index >= 15 is 0 Å². The molecule has 0 aliphatic carbocycles. The third kappa shape index (κ3) is 2.11. The number of nitrogens with zero attached hydrogens (tertiary/aromatic N) is 1. The van der Waals surface area contributed by atoms with Crippen LogP contribution in [-0.2, 0) is 0 Å². The SMILES string of the molecule is Cl.Fc1ccc2nc(OC3CNC3)sc2c1. The summed E-state index contributed by atoms with van der Waals surface area (Å²) in [6, 6.07) is 4.57. The minimum absolute atomic E-state index is 0. The number of halogens is 2. The van der Waals surface area contributed by atoms with E-state index in [9.17, 15) is 4.39 Å². The summed E-state index contributed by atoms with van der Waals surface area (Å²) in [5.74, 6) is -0.233. The fourth-order valence-electron chi connectivity index (χ4n) is 1.42. The largest absolute Gasteiger partial charge is 0.464 e. The molecule has 1 aliphatic heterocycles. The van der Waals surface area contributed by atoms with Gasteiger partial charge >= 0.3 is 0 Å². The first kappa shape index (κ1) is 11.6. The summed E-state index contributed by atoms with van der Waals surface area (Å²) < 4.78 is 19.3. The first-order valence-electron chi connectivity index (χ1n) is 4.75. The minimum Gasteiger partial charge on any atom is -0.464 e. The lowest BCUT2D eigenvalue weighted by Gasteiger charge is -2.26. The van der Waals surface area contributed by atoms with Gasteiger partial charge in [0.05, 0.1) is 10.2 Å². The van der Waals surface area contributed by atoms with Crippen molar-refractivity contribution < 1.29 is 9.13 Å². The van der Waals surface area contributed by atoms with Crippen LogP contribution in [0.2, 0.25) is 0 Å². The lowest BCUT2D eigenvalue weighted by molar-refractivity contribution is 0.142. The Morgan fingerprint density at radius 3 is 2.94 bits per heavy atom. The van der Waals surface area contributed by atoms with Gasteiger partial charge in [-0.3, -0.25) is 0 Å². The second kappa shape index (κ2) is 4.53. The van der Waals surface area contributed by atoms with Gasteiger partial charge in [0.25, 0.3) is 5.19 Å². The Morgan fingerprint density at radius 1 is 1.44 bits per heavy atom. The van der Waals surface area contributed by atoms with Gasteiger partial charge in [-0.25, -0.2) is 9.37 Å². The zero-order valence-electron chi connectivity index (χ0n) is 8.27. The van der Waals surface area contributed by atoms with Gasteiger partial charge in [-0.15, -0.1) is 12.4 Å². The molecule has 3 rings (SSSR count). The van der Waals surface area contributed by atoms with E-state index in [1.165, 1.54) is 23.5 Å². The molecule has 1 aromatic heterocycles. The number of benzene rings is 1. The van der Waals surface area contributed by atoms with Gasteiger partial charge < -0.3 is 10.1 Å². The van der Waals surface area contributed by atoms with E-state index in [0.29, 0.717) is 5.19 Å². The van der Waals surface area contributed by atoms with Crippen molar-refractivity contribution in [2.24, 2.45) is 0 Å². The molecule has 0 bridgehead atoms. The minimum atomic E-state index is -0.233. The number of hydrogen-bond donors (Lipinski definition) is 1. The van der Waals surface area contributed by atoms with Gasteiger partial charge in [-0.2, -0.15) is 0 Å². The number of nitrogens with one attached hydrogen (secondary N) is 1. The molecular weight excluding hydrogens is 251 g/mol. The highest BCUT2D eigenvalue weighted by molar-refractivity contribution is 7.20. The smallest absolute Gasteiger partial charge is 0.274 e. The maximum Gasteiger partial charge on any atom is 0.274 e. The molecule has 1 saturated heterocycles. The van der Waals surface area contributed by atoms with Gasteiger partial charge in [-0.1, -0.05) is 11.3 Å². The third-order valence-corrected chi connectivity index (χ3v) is 3.25. The fourth-order valence-corrected chi connectivity index (χ4v) is 2.32. The highest BCUT2D eigenvalue weighted by Gasteiger charge is 2.19. The Hall–Kier alpha value is -0.910. The van der Waals surface area contributed by atoms with Crippen LogP contribution >= 0.6 is 23.7 Å².